The molecular weight excluding hydrogens is 184 g/mol. The summed E-state index contributed by atoms with van der Waals surface area (Å²) in [6, 6.07) is 5.94. The molecule has 1 nitrogen and oxygen atoms in total. The van der Waals surface area contributed by atoms with Gasteiger partial charge in [0.25, 0.3) is 0 Å². The quantitative estimate of drug-likeness (QED) is 0.678. The average Bonchev–Trinajstić information content (AvgIpc) is 2.04. The normalized spacial score (nSPS) is 12.5. The second-order valence-electron chi connectivity index (χ2n) is 3.33. The molecule has 0 N–H and O–H groups in total. The zero-order valence-corrected chi connectivity index (χ0v) is 8.64. The van der Waals surface area contributed by atoms with Crippen LogP contribution in [0.1, 0.15) is 30.4 Å². The summed E-state index contributed by atoms with van der Waals surface area (Å²) >= 11 is 6.04. The van der Waals surface area contributed by atoms with E-state index in [0.29, 0.717) is 6.42 Å². The Hall–Kier alpha value is -0.820. The summed E-state index contributed by atoms with van der Waals surface area (Å²) in [5.74, 6) is 0.214. The van der Waals surface area contributed by atoms with Crippen molar-refractivity contribution in [2.75, 3.05) is 0 Å². The minimum atomic E-state index is 0.214. The van der Waals surface area contributed by atoms with E-state index in [-0.39, 0.29) is 5.92 Å². The molecule has 0 aliphatic carbocycles. The maximum Gasteiger partial charge on any atom is 0.120 e. The third kappa shape index (κ3) is 2.56. The molecule has 0 bridgehead atoms. The highest BCUT2D eigenvalue weighted by molar-refractivity contribution is 6.31. The van der Waals surface area contributed by atoms with Crippen molar-refractivity contribution in [2.45, 2.75) is 26.2 Å². The van der Waals surface area contributed by atoms with Crippen LogP contribution in [-0.4, -0.2) is 6.29 Å². The molecule has 1 unspecified atom stereocenters. The van der Waals surface area contributed by atoms with Crippen LogP contribution in [0.3, 0.4) is 0 Å². The largest absolute Gasteiger partial charge is 0.303 e. The first-order valence-corrected chi connectivity index (χ1v) is 4.72. The summed E-state index contributed by atoms with van der Waals surface area (Å²) in [5.41, 5.74) is 2.20. The summed E-state index contributed by atoms with van der Waals surface area (Å²) in [5, 5.41) is 0.759. The number of hydrogen-bond acceptors (Lipinski definition) is 1. The van der Waals surface area contributed by atoms with Crippen molar-refractivity contribution in [2.24, 2.45) is 0 Å². The lowest BCUT2D eigenvalue weighted by molar-refractivity contribution is -0.108. The zero-order chi connectivity index (χ0) is 9.84. The van der Waals surface area contributed by atoms with Gasteiger partial charge >= 0.3 is 0 Å². The van der Waals surface area contributed by atoms with Gasteiger partial charge < -0.3 is 4.79 Å². The maximum atomic E-state index is 10.3. The third-order valence-corrected chi connectivity index (χ3v) is 2.46. The van der Waals surface area contributed by atoms with E-state index in [1.807, 2.05) is 32.0 Å². The standard InChI is InChI=1S/C11H13ClO/c1-8-3-4-10(11(12)7-8)9(2)5-6-13/h3-4,6-7,9H,5H2,1-2H3. The smallest absolute Gasteiger partial charge is 0.120 e. The van der Waals surface area contributed by atoms with Gasteiger partial charge in [0.15, 0.2) is 0 Å². The second-order valence-corrected chi connectivity index (χ2v) is 3.74. The fourth-order valence-electron chi connectivity index (χ4n) is 1.30. The van der Waals surface area contributed by atoms with Gasteiger partial charge in [0, 0.05) is 11.4 Å². The van der Waals surface area contributed by atoms with Gasteiger partial charge in [0.1, 0.15) is 6.29 Å². The van der Waals surface area contributed by atoms with Crippen molar-refractivity contribution in [1.29, 1.82) is 0 Å². The van der Waals surface area contributed by atoms with Crippen LogP contribution >= 0.6 is 11.6 Å². The van der Waals surface area contributed by atoms with Gasteiger partial charge in [0.05, 0.1) is 0 Å². The van der Waals surface area contributed by atoms with E-state index < -0.39 is 0 Å². The molecule has 13 heavy (non-hydrogen) atoms. The van der Waals surface area contributed by atoms with Gasteiger partial charge in [-0.3, -0.25) is 0 Å². The van der Waals surface area contributed by atoms with Crippen molar-refractivity contribution in [3.8, 4) is 0 Å². The Morgan fingerprint density at radius 1 is 1.54 bits per heavy atom. The van der Waals surface area contributed by atoms with Gasteiger partial charge in [-0.1, -0.05) is 30.7 Å². The fraction of sp³-hybridized carbons (Fsp3) is 0.364. The number of hydrogen-bond donors (Lipinski definition) is 0. The average molecular weight is 197 g/mol. The Labute approximate surface area is 83.7 Å². The van der Waals surface area contributed by atoms with E-state index in [2.05, 4.69) is 0 Å². The molecule has 0 aliphatic heterocycles. The van der Waals surface area contributed by atoms with Crippen molar-refractivity contribution < 1.29 is 4.79 Å². The molecule has 0 saturated carbocycles. The summed E-state index contributed by atoms with van der Waals surface area (Å²) in [4.78, 5) is 10.3. The number of carbonyl (C=O) groups is 1. The van der Waals surface area contributed by atoms with Crippen LogP contribution in [0.25, 0.3) is 0 Å². The van der Waals surface area contributed by atoms with E-state index in [9.17, 15) is 4.79 Å². The maximum absolute atomic E-state index is 10.3. The molecule has 1 aromatic rings. The SMILES string of the molecule is Cc1ccc(C(C)CC=O)c(Cl)c1. The molecule has 1 atom stereocenters. The number of halogens is 1. The lowest BCUT2D eigenvalue weighted by Gasteiger charge is -2.10. The molecule has 0 radical (unpaired) electrons. The van der Waals surface area contributed by atoms with Crippen molar-refractivity contribution in [3.63, 3.8) is 0 Å². The van der Waals surface area contributed by atoms with Crippen LogP contribution in [0.2, 0.25) is 5.02 Å². The molecule has 2 heteroatoms. The monoisotopic (exact) mass is 196 g/mol. The van der Waals surface area contributed by atoms with E-state index in [4.69, 9.17) is 11.6 Å². The van der Waals surface area contributed by atoms with Crippen molar-refractivity contribution in [3.05, 3.63) is 34.3 Å². The Kier molecular flexibility index (Phi) is 3.49. The molecular formula is C11H13ClO. The van der Waals surface area contributed by atoms with Crippen LogP contribution in [-0.2, 0) is 4.79 Å². The fourth-order valence-corrected chi connectivity index (χ4v) is 1.72. The van der Waals surface area contributed by atoms with Gasteiger partial charge in [-0.25, -0.2) is 0 Å². The van der Waals surface area contributed by atoms with E-state index in [1.165, 1.54) is 0 Å². The zero-order valence-electron chi connectivity index (χ0n) is 7.88. The molecule has 0 spiro atoms. The Balaban J connectivity index is 2.94. The van der Waals surface area contributed by atoms with Crippen molar-refractivity contribution in [1.82, 2.24) is 0 Å². The van der Waals surface area contributed by atoms with Crippen LogP contribution in [0.4, 0.5) is 0 Å². The molecule has 0 aromatic heterocycles. The van der Waals surface area contributed by atoms with Crippen molar-refractivity contribution >= 4 is 17.9 Å². The lowest BCUT2D eigenvalue weighted by Crippen LogP contribution is -1.95. The van der Waals surface area contributed by atoms with Gasteiger partial charge in [-0.05, 0) is 30.0 Å². The summed E-state index contributed by atoms with van der Waals surface area (Å²) in [7, 11) is 0. The van der Waals surface area contributed by atoms with Crippen LogP contribution in [0.15, 0.2) is 18.2 Å². The van der Waals surface area contributed by atoms with Crippen LogP contribution < -0.4 is 0 Å². The van der Waals surface area contributed by atoms with E-state index in [0.717, 1.165) is 22.4 Å². The van der Waals surface area contributed by atoms with E-state index >= 15 is 0 Å². The molecule has 0 saturated heterocycles. The van der Waals surface area contributed by atoms with Gasteiger partial charge in [0.2, 0.25) is 0 Å². The van der Waals surface area contributed by atoms with Crippen LogP contribution in [0, 0.1) is 6.92 Å². The summed E-state index contributed by atoms with van der Waals surface area (Å²) in [6.45, 7) is 4.00. The first-order chi connectivity index (χ1) is 6.15. The second kappa shape index (κ2) is 4.43. The highest BCUT2D eigenvalue weighted by Gasteiger charge is 2.08. The summed E-state index contributed by atoms with van der Waals surface area (Å²) < 4.78 is 0. The molecule has 1 aromatic carbocycles. The molecule has 0 fully saturated rings. The topological polar surface area (TPSA) is 17.1 Å². The molecule has 1 rings (SSSR count). The minimum Gasteiger partial charge on any atom is -0.303 e. The minimum absolute atomic E-state index is 0.214. The number of rotatable bonds is 3. The Morgan fingerprint density at radius 3 is 2.77 bits per heavy atom. The first kappa shape index (κ1) is 10.3. The highest BCUT2D eigenvalue weighted by atomic mass is 35.5. The molecule has 0 amide bonds. The number of benzene rings is 1. The number of aldehydes is 1. The summed E-state index contributed by atoms with van der Waals surface area (Å²) in [6.07, 6.45) is 1.46. The molecule has 0 heterocycles. The number of carbonyl (C=O) groups excluding carboxylic acids is 1. The molecule has 70 valence electrons. The highest BCUT2D eigenvalue weighted by Crippen LogP contribution is 2.26. The third-order valence-electron chi connectivity index (χ3n) is 2.14. The predicted octanol–water partition coefficient (Wildman–Crippen LogP) is 3.34. The Morgan fingerprint density at radius 2 is 2.23 bits per heavy atom. The lowest BCUT2D eigenvalue weighted by atomic mass is 9.97. The van der Waals surface area contributed by atoms with Crippen LogP contribution in [0.5, 0.6) is 0 Å². The predicted molar refractivity (Wildman–Crippen MR) is 55.3 cm³/mol. The number of aryl methyl sites for hydroxylation is 1. The Bertz CT molecular complexity index is 307. The van der Waals surface area contributed by atoms with Gasteiger partial charge in [-0.15, -0.1) is 0 Å². The van der Waals surface area contributed by atoms with E-state index in [1.54, 1.807) is 0 Å². The first-order valence-electron chi connectivity index (χ1n) is 4.35. The van der Waals surface area contributed by atoms with Gasteiger partial charge in [-0.2, -0.15) is 0 Å². The molecule has 0 aliphatic rings.